The predicted octanol–water partition coefficient (Wildman–Crippen LogP) is 2.38. The maximum atomic E-state index is 11.7. The molecular formula is C15H15N3O. The summed E-state index contributed by atoms with van der Waals surface area (Å²) in [6.07, 6.45) is 1.93. The second kappa shape index (κ2) is 4.09. The van der Waals surface area contributed by atoms with Crippen LogP contribution in [-0.4, -0.2) is 16.2 Å². The molecule has 96 valence electrons. The van der Waals surface area contributed by atoms with Crippen LogP contribution in [0.4, 0.5) is 0 Å². The van der Waals surface area contributed by atoms with Crippen molar-refractivity contribution in [2.75, 3.05) is 0 Å². The molecule has 0 saturated heterocycles. The van der Waals surface area contributed by atoms with Crippen molar-refractivity contribution in [1.82, 2.24) is 9.99 Å². The SMILES string of the molecule is CC1=NNC(=O)/C1=C\c1c(C)n(C)c2ccccc12. The molecule has 0 unspecified atom stereocenters. The molecule has 1 amide bonds. The first kappa shape index (κ1) is 11.7. The first-order valence-electron chi connectivity index (χ1n) is 6.20. The van der Waals surface area contributed by atoms with Gasteiger partial charge >= 0.3 is 0 Å². The largest absolute Gasteiger partial charge is 0.347 e. The van der Waals surface area contributed by atoms with Crippen LogP contribution >= 0.6 is 0 Å². The minimum Gasteiger partial charge on any atom is -0.347 e. The summed E-state index contributed by atoms with van der Waals surface area (Å²) in [5.41, 5.74) is 7.25. The summed E-state index contributed by atoms with van der Waals surface area (Å²) in [6, 6.07) is 8.20. The van der Waals surface area contributed by atoms with Gasteiger partial charge in [-0.2, -0.15) is 5.10 Å². The minimum absolute atomic E-state index is 0.134. The maximum Gasteiger partial charge on any atom is 0.273 e. The van der Waals surface area contributed by atoms with Gasteiger partial charge in [-0.05, 0) is 26.0 Å². The minimum atomic E-state index is -0.134. The van der Waals surface area contributed by atoms with Crippen molar-refractivity contribution in [3.8, 4) is 0 Å². The van der Waals surface area contributed by atoms with Gasteiger partial charge in [-0.15, -0.1) is 0 Å². The van der Waals surface area contributed by atoms with Crippen molar-refractivity contribution < 1.29 is 4.79 Å². The van der Waals surface area contributed by atoms with E-state index in [1.165, 1.54) is 5.52 Å². The molecule has 1 aromatic carbocycles. The Morgan fingerprint density at radius 2 is 2.00 bits per heavy atom. The number of nitrogens with zero attached hydrogens (tertiary/aromatic N) is 2. The number of para-hydroxylation sites is 1. The van der Waals surface area contributed by atoms with Gasteiger partial charge in [0.1, 0.15) is 0 Å². The van der Waals surface area contributed by atoms with Gasteiger partial charge in [-0.3, -0.25) is 4.79 Å². The van der Waals surface area contributed by atoms with Crippen molar-refractivity contribution in [3.05, 3.63) is 41.1 Å². The van der Waals surface area contributed by atoms with Gasteiger partial charge in [0.15, 0.2) is 0 Å². The number of aromatic nitrogens is 1. The Kier molecular flexibility index (Phi) is 2.52. The van der Waals surface area contributed by atoms with E-state index in [4.69, 9.17) is 0 Å². The molecule has 0 saturated carbocycles. The Bertz CT molecular complexity index is 750. The van der Waals surface area contributed by atoms with Gasteiger partial charge in [0.2, 0.25) is 0 Å². The molecule has 2 heterocycles. The lowest BCUT2D eigenvalue weighted by Crippen LogP contribution is -2.12. The Labute approximate surface area is 111 Å². The molecule has 0 bridgehead atoms. The molecule has 0 fully saturated rings. The molecule has 1 N–H and O–H groups in total. The van der Waals surface area contributed by atoms with Crippen LogP contribution in [0.5, 0.6) is 0 Å². The number of carbonyl (C=O) groups is 1. The van der Waals surface area contributed by atoms with Gasteiger partial charge in [0.05, 0.1) is 11.3 Å². The number of carbonyl (C=O) groups excluding carboxylic acids is 1. The highest BCUT2D eigenvalue weighted by molar-refractivity contribution is 6.27. The molecule has 1 aliphatic heterocycles. The lowest BCUT2D eigenvalue weighted by molar-refractivity contribution is -0.116. The molecule has 3 rings (SSSR count). The molecule has 0 atom stereocenters. The van der Waals surface area contributed by atoms with Crippen LogP contribution in [0.15, 0.2) is 34.9 Å². The number of rotatable bonds is 1. The number of aryl methyl sites for hydroxylation is 1. The summed E-state index contributed by atoms with van der Waals surface area (Å²) in [5.74, 6) is -0.134. The van der Waals surface area contributed by atoms with E-state index in [2.05, 4.69) is 34.2 Å². The van der Waals surface area contributed by atoms with E-state index < -0.39 is 0 Å². The maximum absolute atomic E-state index is 11.7. The number of benzene rings is 1. The molecule has 1 aliphatic rings. The number of hydrogen-bond donors (Lipinski definition) is 1. The molecule has 0 radical (unpaired) electrons. The fourth-order valence-corrected chi connectivity index (χ4v) is 2.47. The second-order valence-corrected chi connectivity index (χ2v) is 4.77. The summed E-state index contributed by atoms with van der Waals surface area (Å²) in [6.45, 7) is 3.90. The van der Waals surface area contributed by atoms with Gasteiger partial charge in [0, 0.05) is 29.2 Å². The second-order valence-electron chi connectivity index (χ2n) is 4.77. The number of hydrogen-bond acceptors (Lipinski definition) is 2. The fraction of sp³-hybridized carbons (Fsp3) is 0.200. The standard InChI is InChI=1S/C15H15N3O/c1-9-12(15(19)17-16-9)8-13-10(2)18(3)14-7-5-4-6-11(13)14/h4-8H,1-3H3,(H,17,19)/b12-8-. The highest BCUT2D eigenvalue weighted by atomic mass is 16.2. The first-order valence-corrected chi connectivity index (χ1v) is 6.20. The number of fused-ring (bicyclic) bond motifs is 1. The van der Waals surface area contributed by atoms with Crippen LogP contribution < -0.4 is 5.43 Å². The van der Waals surface area contributed by atoms with Crippen LogP contribution in [0.1, 0.15) is 18.2 Å². The highest BCUT2D eigenvalue weighted by Gasteiger charge is 2.20. The van der Waals surface area contributed by atoms with Crippen molar-refractivity contribution in [2.24, 2.45) is 12.1 Å². The van der Waals surface area contributed by atoms with Crippen LogP contribution in [0.3, 0.4) is 0 Å². The lowest BCUT2D eigenvalue weighted by atomic mass is 10.0. The Morgan fingerprint density at radius 3 is 2.68 bits per heavy atom. The smallest absolute Gasteiger partial charge is 0.273 e. The first-order chi connectivity index (χ1) is 9.09. The van der Waals surface area contributed by atoms with E-state index >= 15 is 0 Å². The Morgan fingerprint density at radius 1 is 1.26 bits per heavy atom. The third-order valence-corrected chi connectivity index (χ3v) is 3.70. The third kappa shape index (κ3) is 1.68. The Hall–Kier alpha value is -2.36. The van der Waals surface area contributed by atoms with E-state index in [1.54, 1.807) is 0 Å². The van der Waals surface area contributed by atoms with E-state index in [0.29, 0.717) is 5.57 Å². The average Bonchev–Trinajstić information content (AvgIpc) is 2.85. The zero-order valence-corrected chi connectivity index (χ0v) is 11.2. The lowest BCUT2D eigenvalue weighted by Gasteiger charge is -1.99. The Balaban J connectivity index is 2.27. The molecule has 1 aromatic heterocycles. The van der Waals surface area contributed by atoms with Crippen LogP contribution in [0.2, 0.25) is 0 Å². The summed E-state index contributed by atoms with van der Waals surface area (Å²) < 4.78 is 2.14. The van der Waals surface area contributed by atoms with Gasteiger partial charge in [-0.1, -0.05) is 18.2 Å². The monoisotopic (exact) mass is 253 g/mol. The quantitative estimate of drug-likeness (QED) is 0.779. The van der Waals surface area contributed by atoms with Crippen LogP contribution in [-0.2, 0) is 11.8 Å². The molecule has 2 aromatic rings. The van der Waals surface area contributed by atoms with Gasteiger partial charge in [-0.25, -0.2) is 5.43 Å². The normalized spacial score (nSPS) is 17.1. The number of nitrogens with one attached hydrogen (secondary N) is 1. The van der Waals surface area contributed by atoms with Crippen LogP contribution in [0.25, 0.3) is 17.0 Å². The topological polar surface area (TPSA) is 46.4 Å². The number of hydrazone groups is 1. The predicted molar refractivity (Wildman–Crippen MR) is 76.9 cm³/mol. The zero-order valence-electron chi connectivity index (χ0n) is 11.2. The summed E-state index contributed by atoms with van der Waals surface area (Å²) in [4.78, 5) is 11.7. The molecular weight excluding hydrogens is 238 g/mol. The van der Waals surface area contributed by atoms with E-state index in [1.807, 2.05) is 32.2 Å². The van der Waals surface area contributed by atoms with Gasteiger partial charge < -0.3 is 4.57 Å². The van der Waals surface area contributed by atoms with Crippen molar-refractivity contribution in [1.29, 1.82) is 0 Å². The van der Waals surface area contributed by atoms with E-state index in [-0.39, 0.29) is 5.91 Å². The highest BCUT2D eigenvalue weighted by Crippen LogP contribution is 2.27. The zero-order chi connectivity index (χ0) is 13.6. The molecule has 0 aliphatic carbocycles. The van der Waals surface area contributed by atoms with Crippen molar-refractivity contribution in [2.45, 2.75) is 13.8 Å². The molecule has 4 nitrogen and oxygen atoms in total. The fourth-order valence-electron chi connectivity index (χ4n) is 2.47. The summed E-state index contributed by atoms with van der Waals surface area (Å²) in [7, 11) is 2.04. The molecule has 4 heteroatoms. The van der Waals surface area contributed by atoms with Gasteiger partial charge in [0.25, 0.3) is 5.91 Å². The molecule has 0 spiro atoms. The summed E-state index contributed by atoms with van der Waals surface area (Å²) in [5, 5.41) is 5.11. The van der Waals surface area contributed by atoms with E-state index in [9.17, 15) is 4.79 Å². The van der Waals surface area contributed by atoms with Crippen molar-refractivity contribution in [3.63, 3.8) is 0 Å². The summed E-state index contributed by atoms with van der Waals surface area (Å²) >= 11 is 0. The number of amides is 1. The molecule has 19 heavy (non-hydrogen) atoms. The average molecular weight is 253 g/mol. The third-order valence-electron chi connectivity index (χ3n) is 3.70. The van der Waals surface area contributed by atoms with Crippen molar-refractivity contribution >= 4 is 28.6 Å². The van der Waals surface area contributed by atoms with E-state index in [0.717, 1.165) is 22.4 Å². The van der Waals surface area contributed by atoms with Crippen LogP contribution in [0, 0.1) is 6.92 Å².